The van der Waals surface area contributed by atoms with Gasteiger partial charge in [-0.15, -0.1) is 11.8 Å². The Bertz CT molecular complexity index is 840. The molecule has 1 N–H and O–H groups in total. The van der Waals surface area contributed by atoms with Crippen LogP contribution in [0.15, 0.2) is 42.5 Å². The first-order valence-corrected chi connectivity index (χ1v) is 9.65. The zero-order chi connectivity index (χ0) is 19.4. The maximum atomic E-state index is 13.2. The van der Waals surface area contributed by atoms with E-state index in [4.69, 9.17) is 9.84 Å². The van der Waals surface area contributed by atoms with Crippen LogP contribution in [0.3, 0.4) is 0 Å². The molecule has 0 saturated carbocycles. The molecule has 1 aliphatic heterocycles. The molecule has 3 rings (SSSR count). The number of ether oxygens (including phenoxy) is 1. The SMILES string of the molecule is Cc1cc(OCCCC(=O)O)ccc1N1C(=O)CSC1c1ccc(F)cc1. The van der Waals surface area contributed by atoms with E-state index in [1.807, 2.05) is 19.1 Å². The predicted molar refractivity (Wildman–Crippen MR) is 103 cm³/mol. The van der Waals surface area contributed by atoms with E-state index < -0.39 is 5.97 Å². The number of carbonyl (C=O) groups excluding carboxylic acids is 1. The molecular formula is C20H20FNO4S. The quantitative estimate of drug-likeness (QED) is 0.721. The minimum absolute atomic E-state index is 0.00699. The highest BCUT2D eigenvalue weighted by atomic mass is 32.2. The molecule has 1 aliphatic rings. The number of hydrogen-bond donors (Lipinski definition) is 1. The Morgan fingerprint density at radius 1 is 1.30 bits per heavy atom. The number of nitrogens with zero attached hydrogens (tertiary/aromatic N) is 1. The number of halogens is 1. The summed E-state index contributed by atoms with van der Waals surface area (Å²) in [6.45, 7) is 2.22. The monoisotopic (exact) mass is 389 g/mol. The van der Waals surface area contributed by atoms with Crippen molar-refractivity contribution in [2.45, 2.75) is 25.1 Å². The van der Waals surface area contributed by atoms with Gasteiger partial charge in [0.05, 0.1) is 12.4 Å². The van der Waals surface area contributed by atoms with Crippen molar-refractivity contribution in [3.8, 4) is 5.75 Å². The standard InChI is InChI=1S/C20H20FNO4S/c1-13-11-16(26-10-2-3-19(24)25)8-9-17(13)22-18(23)12-27-20(22)14-4-6-15(21)7-5-14/h4-9,11,20H,2-3,10,12H2,1H3,(H,24,25). The fourth-order valence-corrected chi connectivity index (χ4v) is 4.13. The molecule has 1 saturated heterocycles. The number of aliphatic carboxylic acids is 1. The van der Waals surface area contributed by atoms with Crippen LogP contribution >= 0.6 is 11.8 Å². The van der Waals surface area contributed by atoms with E-state index in [1.54, 1.807) is 23.1 Å². The van der Waals surface area contributed by atoms with E-state index in [1.165, 1.54) is 23.9 Å². The highest BCUT2D eigenvalue weighted by Crippen LogP contribution is 2.43. The molecule has 0 aliphatic carbocycles. The lowest BCUT2D eigenvalue weighted by Gasteiger charge is -2.26. The van der Waals surface area contributed by atoms with Gasteiger partial charge in [0.25, 0.3) is 0 Å². The molecule has 2 aromatic rings. The third kappa shape index (κ3) is 4.60. The number of hydrogen-bond acceptors (Lipinski definition) is 4. The smallest absolute Gasteiger partial charge is 0.303 e. The number of anilines is 1. The largest absolute Gasteiger partial charge is 0.494 e. The number of amides is 1. The van der Waals surface area contributed by atoms with E-state index in [9.17, 15) is 14.0 Å². The summed E-state index contributed by atoms with van der Waals surface area (Å²) in [7, 11) is 0. The van der Waals surface area contributed by atoms with Crippen molar-refractivity contribution in [3.63, 3.8) is 0 Å². The van der Waals surface area contributed by atoms with Crippen LogP contribution in [-0.2, 0) is 9.59 Å². The maximum Gasteiger partial charge on any atom is 0.303 e. The van der Waals surface area contributed by atoms with Crippen molar-refractivity contribution < 1.29 is 23.8 Å². The zero-order valence-corrected chi connectivity index (χ0v) is 15.7. The summed E-state index contributed by atoms with van der Waals surface area (Å²) >= 11 is 1.51. The number of benzene rings is 2. The van der Waals surface area contributed by atoms with Crippen LogP contribution in [0.1, 0.15) is 29.3 Å². The number of rotatable bonds is 7. The van der Waals surface area contributed by atoms with Crippen molar-refractivity contribution in [3.05, 3.63) is 59.4 Å². The van der Waals surface area contributed by atoms with Crippen molar-refractivity contribution in [1.29, 1.82) is 0 Å². The molecule has 0 spiro atoms. The number of thioether (sulfide) groups is 1. The topological polar surface area (TPSA) is 66.8 Å². The van der Waals surface area contributed by atoms with Crippen LogP contribution in [-0.4, -0.2) is 29.3 Å². The van der Waals surface area contributed by atoms with Gasteiger partial charge >= 0.3 is 5.97 Å². The Morgan fingerprint density at radius 3 is 2.70 bits per heavy atom. The lowest BCUT2D eigenvalue weighted by molar-refractivity contribution is -0.137. The second-order valence-electron chi connectivity index (χ2n) is 6.27. The van der Waals surface area contributed by atoms with Gasteiger partial charge in [-0.2, -0.15) is 0 Å². The molecule has 0 aromatic heterocycles. The van der Waals surface area contributed by atoms with Crippen molar-refractivity contribution in [2.75, 3.05) is 17.3 Å². The van der Waals surface area contributed by atoms with Gasteiger partial charge < -0.3 is 9.84 Å². The summed E-state index contributed by atoms with van der Waals surface area (Å²) in [4.78, 5) is 24.8. The van der Waals surface area contributed by atoms with Gasteiger partial charge in [-0.1, -0.05) is 12.1 Å². The van der Waals surface area contributed by atoms with E-state index in [2.05, 4.69) is 0 Å². The highest BCUT2D eigenvalue weighted by Gasteiger charge is 2.34. The second-order valence-corrected chi connectivity index (χ2v) is 7.34. The summed E-state index contributed by atoms with van der Waals surface area (Å²) in [5.41, 5.74) is 2.55. The van der Waals surface area contributed by atoms with Gasteiger partial charge in [-0.3, -0.25) is 14.5 Å². The first kappa shape index (κ1) is 19.2. The van der Waals surface area contributed by atoms with Gasteiger partial charge in [-0.05, 0) is 54.8 Å². The van der Waals surface area contributed by atoms with Gasteiger partial charge in [0.1, 0.15) is 16.9 Å². The van der Waals surface area contributed by atoms with Crippen molar-refractivity contribution in [2.24, 2.45) is 0 Å². The summed E-state index contributed by atoms with van der Waals surface area (Å²) in [6, 6.07) is 11.7. The summed E-state index contributed by atoms with van der Waals surface area (Å²) in [5, 5.41) is 8.46. The molecule has 0 radical (unpaired) electrons. The molecule has 142 valence electrons. The van der Waals surface area contributed by atoms with Gasteiger partial charge in [0, 0.05) is 12.1 Å². The van der Waals surface area contributed by atoms with E-state index in [0.29, 0.717) is 24.5 Å². The number of carbonyl (C=O) groups is 2. The molecule has 2 aromatic carbocycles. The first-order chi connectivity index (χ1) is 13.0. The van der Waals surface area contributed by atoms with Crippen LogP contribution in [0, 0.1) is 12.7 Å². The third-order valence-corrected chi connectivity index (χ3v) is 5.47. The van der Waals surface area contributed by atoms with Gasteiger partial charge in [0.2, 0.25) is 5.91 Å². The van der Waals surface area contributed by atoms with Crippen LogP contribution in [0.25, 0.3) is 0 Å². The molecule has 1 heterocycles. The zero-order valence-electron chi connectivity index (χ0n) is 14.9. The molecule has 1 atom stereocenters. The van der Waals surface area contributed by atoms with Crippen molar-refractivity contribution in [1.82, 2.24) is 0 Å². The summed E-state index contributed by atoms with van der Waals surface area (Å²) < 4.78 is 18.8. The van der Waals surface area contributed by atoms with E-state index in [-0.39, 0.29) is 23.5 Å². The average molecular weight is 389 g/mol. The normalized spacial score (nSPS) is 16.6. The fourth-order valence-electron chi connectivity index (χ4n) is 2.96. The molecule has 5 nitrogen and oxygen atoms in total. The number of carboxylic acids is 1. The lowest BCUT2D eigenvalue weighted by atomic mass is 10.1. The fraction of sp³-hybridized carbons (Fsp3) is 0.300. The molecule has 0 bridgehead atoms. The Kier molecular flexibility index (Phi) is 6.01. The Labute approximate surface area is 161 Å². The molecule has 27 heavy (non-hydrogen) atoms. The number of aryl methyl sites for hydroxylation is 1. The molecular weight excluding hydrogens is 369 g/mol. The molecule has 1 amide bonds. The maximum absolute atomic E-state index is 13.2. The third-order valence-electron chi connectivity index (χ3n) is 4.25. The second kappa shape index (κ2) is 8.43. The van der Waals surface area contributed by atoms with E-state index >= 15 is 0 Å². The van der Waals surface area contributed by atoms with Crippen LogP contribution in [0.4, 0.5) is 10.1 Å². The van der Waals surface area contributed by atoms with Crippen LogP contribution in [0.2, 0.25) is 0 Å². The van der Waals surface area contributed by atoms with Crippen molar-refractivity contribution >= 4 is 29.3 Å². The Balaban J connectivity index is 1.76. The minimum Gasteiger partial charge on any atom is -0.494 e. The average Bonchev–Trinajstić information content (AvgIpc) is 3.01. The van der Waals surface area contributed by atoms with Crippen LogP contribution in [0.5, 0.6) is 5.75 Å². The first-order valence-electron chi connectivity index (χ1n) is 8.60. The molecule has 1 fully saturated rings. The lowest BCUT2D eigenvalue weighted by Crippen LogP contribution is -2.28. The van der Waals surface area contributed by atoms with Crippen LogP contribution < -0.4 is 9.64 Å². The predicted octanol–water partition coefficient (Wildman–Crippen LogP) is 4.16. The minimum atomic E-state index is -0.845. The summed E-state index contributed by atoms with van der Waals surface area (Å²) in [6.07, 6.45) is 0.500. The van der Waals surface area contributed by atoms with Gasteiger partial charge in [-0.25, -0.2) is 4.39 Å². The Hall–Kier alpha value is -2.54. The Morgan fingerprint density at radius 2 is 2.04 bits per heavy atom. The highest BCUT2D eigenvalue weighted by molar-refractivity contribution is 8.00. The van der Waals surface area contributed by atoms with E-state index in [0.717, 1.165) is 16.8 Å². The summed E-state index contributed by atoms with van der Waals surface area (Å²) in [5.74, 6) is -0.136. The molecule has 7 heteroatoms. The van der Waals surface area contributed by atoms with Gasteiger partial charge in [0.15, 0.2) is 0 Å². The molecule has 1 unspecified atom stereocenters. The number of carboxylic acid groups (broad SMARTS) is 1.